The Kier molecular flexibility index (Phi) is 5.33. The largest absolute Gasteiger partial charge is 0.339 e. The highest BCUT2D eigenvalue weighted by molar-refractivity contribution is 9.10. The first kappa shape index (κ1) is 16.8. The zero-order chi connectivity index (χ0) is 14.2. The zero-order valence-corrected chi connectivity index (χ0v) is 14.7. The van der Waals surface area contributed by atoms with Gasteiger partial charge in [-0.15, -0.1) is 12.4 Å². The SMILES string of the molecule is Cc1ccc(C(=O)N2CCC3(CCNC3)CC2)cc1Br.Cl. The monoisotopic (exact) mass is 372 g/mol. The van der Waals surface area contributed by atoms with Crippen molar-refractivity contribution >= 4 is 34.2 Å². The molecule has 0 aromatic heterocycles. The molecule has 0 radical (unpaired) electrons. The Morgan fingerprint density at radius 2 is 2.00 bits per heavy atom. The van der Waals surface area contributed by atoms with Crippen LogP contribution in [0.25, 0.3) is 0 Å². The molecule has 3 nitrogen and oxygen atoms in total. The molecule has 0 unspecified atom stereocenters. The number of carbonyl (C=O) groups excluding carboxylic acids is 1. The van der Waals surface area contributed by atoms with Gasteiger partial charge in [0.2, 0.25) is 0 Å². The molecule has 0 aliphatic carbocycles. The van der Waals surface area contributed by atoms with E-state index in [2.05, 4.69) is 21.2 Å². The Morgan fingerprint density at radius 1 is 1.29 bits per heavy atom. The van der Waals surface area contributed by atoms with E-state index >= 15 is 0 Å². The molecule has 1 aromatic rings. The third kappa shape index (κ3) is 3.43. The minimum atomic E-state index is 0. The van der Waals surface area contributed by atoms with Gasteiger partial charge in [0.15, 0.2) is 0 Å². The average Bonchev–Trinajstić information content (AvgIpc) is 2.90. The summed E-state index contributed by atoms with van der Waals surface area (Å²) < 4.78 is 1.01. The van der Waals surface area contributed by atoms with E-state index < -0.39 is 0 Å². The first-order chi connectivity index (χ1) is 9.60. The zero-order valence-electron chi connectivity index (χ0n) is 12.3. The van der Waals surface area contributed by atoms with Crippen LogP contribution in [0.5, 0.6) is 0 Å². The smallest absolute Gasteiger partial charge is 0.253 e. The molecule has 116 valence electrons. The number of benzene rings is 1. The van der Waals surface area contributed by atoms with Crippen LogP contribution in [-0.2, 0) is 0 Å². The number of nitrogens with zero attached hydrogens (tertiary/aromatic N) is 1. The van der Waals surface area contributed by atoms with E-state index in [1.807, 2.05) is 30.0 Å². The van der Waals surface area contributed by atoms with Crippen molar-refractivity contribution in [3.05, 3.63) is 33.8 Å². The molecule has 2 aliphatic rings. The maximum absolute atomic E-state index is 12.6. The normalized spacial score (nSPS) is 20.4. The Bertz CT molecular complexity index is 519. The number of nitrogens with one attached hydrogen (secondary N) is 1. The summed E-state index contributed by atoms with van der Waals surface area (Å²) in [5.74, 6) is 0.173. The van der Waals surface area contributed by atoms with Crippen LogP contribution in [0.2, 0.25) is 0 Å². The van der Waals surface area contributed by atoms with Crippen LogP contribution >= 0.6 is 28.3 Å². The van der Waals surface area contributed by atoms with Crippen molar-refractivity contribution in [3.63, 3.8) is 0 Å². The van der Waals surface area contributed by atoms with Gasteiger partial charge in [0.25, 0.3) is 5.91 Å². The van der Waals surface area contributed by atoms with Gasteiger partial charge in [-0.1, -0.05) is 22.0 Å². The molecule has 1 aromatic carbocycles. The topological polar surface area (TPSA) is 32.3 Å². The van der Waals surface area contributed by atoms with E-state index in [9.17, 15) is 4.79 Å². The summed E-state index contributed by atoms with van der Waals surface area (Å²) >= 11 is 3.51. The first-order valence-corrected chi connectivity index (χ1v) is 8.15. The lowest BCUT2D eigenvalue weighted by Crippen LogP contribution is -2.44. The number of halogens is 2. The minimum absolute atomic E-state index is 0. The Morgan fingerprint density at radius 3 is 2.57 bits per heavy atom. The third-order valence-corrected chi connectivity index (χ3v) is 5.72. The molecule has 0 saturated carbocycles. The van der Waals surface area contributed by atoms with Crippen LogP contribution in [0.4, 0.5) is 0 Å². The summed E-state index contributed by atoms with van der Waals surface area (Å²) in [6.07, 6.45) is 3.54. The number of rotatable bonds is 1. The number of piperidine rings is 1. The first-order valence-electron chi connectivity index (χ1n) is 7.36. The third-order valence-electron chi connectivity index (χ3n) is 4.86. The second-order valence-electron chi connectivity index (χ2n) is 6.18. The molecule has 1 N–H and O–H groups in total. The van der Waals surface area contributed by atoms with Gasteiger partial charge in [-0.2, -0.15) is 0 Å². The Balaban J connectivity index is 0.00000161. The minimum Gasteiger partial charge on any atom is -0.339 e. The maximum Gasteiger partial charge on any atom is 0.253 e. The molecule has 2 fully saturated rings. The summed E-state index contributed by atoms with van der Waals surface area (Å²) in [4.78, 5) is 14.6. The molecule has 1 amide bonds. The number of carbonyl (C=O) groups is 1. The van der Waals surface area contributed by atoms with Gasteiger partial charge in [0.05, 0.1) is 0 Å². The van der Waals surface area contributed by atoms with Gasteiger partial charge in [0, 0.05) is 29.7 Å². The predicted molar refractivity (Wildman–Crippen MR) is 91.2 cm³/mol. The molecule has 3 rings (SSSR count). The van der Waals surface area contributed by atoms with E-state index in [0.717, 1.165) is 54.6 Å². The summed E-state index contributed by atoms with van der Waals surface area (Å²) in [6, 6.07) is 5.88. The second kappa shape index (κ2) is 6.67. The molecule has 2 saturated heterocycles. The second-order valence-corrected chi connectivity index (χ2v) is 7.04. The molecular formula is C16H22BrClN2O. The lowest BCUT2D eigenvalue weighted by molar-refractivity contribution is 0.0607. The fourth-order valence-corrected chi connectivity index (χ4v) is 3.69. The van der Waals surface area contributed by atoms with Gasteiger partial charge in [-0.05, 0) is 55.8 Å². The maximum atomic E-state index is 12.6. The van der Waals surface area contributed by atoms with Crippen LogP contribution in [-0.4, -0.2) is 37.0 Å². The van der Waals surface area contributed by atoms with Crippen molar-refractivity contribution in [1.29, 1.82) is 0 Å². The number of aryl methyl sites for hydroxylation is 1. The van der Waals surface area contributed by atoms with E-state index in [1.165, 1.54) is 6.42 Å². The number of likely N-dealkylation sites (tertiary alicyclic amines) is 1. The van der Waals surface area contributed by atoms with Crippen molar-refractivity contribution in [1.82, 2.24) is 10.2 Å². The Labute approximate surface area is 141 Å². The Hall–Kier alpha value is -0.580. The van der Waals surface area contributed by atoms with Crippen LogP contribution in [0, 0.1) is 12.3 Å². The molecule has 2 aliphatic heterocycles. The predicted octanol–water partition coefficient (Wildman–Crippen LogP) is 3.40. The van der Waals surface area contributed by atoms with Crippen molar-refractivity contribution in [2.75, 3.05) is 26.2 Å². The molecule has 1 spiro atoms. The lowest BCUT2D eigenvalue weighted by atomic mass is 9.78. The van der Waals surface area contributed by atoms with Gasteiger partial charge in [0.1, 0.15) is 0 Å². The van der Waals surface area contributed by atoms with Crippen LogP contribution < -0.4 is 5.32 Å². The van der Waals surface area contributed by atoms with Crippen LogP contribution in [0.1, 0.15) is 35.2 Å². The summed E-state index contributed by atoms with van der Waals surface area (Å²) in [6.45, 7) is 6.10. The van der Waals surface area contributed by atoms with E-state index in [1.54, 1.807) is 0 Å². The van der Waals surface area contributed by atoms with Crippen LogP contribution in [0.3, 0.4) is 0 Å². The van der Waals surface area contributed by atoms with Gasteiger partial charge in [-0.3, -0.25) is 4.79 Å². The van der Waals surface area contributed by atoms with Crippen LogP contribution in [0.15, 0.2) is 22.7 Å². The summed E-state index contributed by atoms with van der Waals surface area (Å²) in [5.41, 5.74) is 2.42. The fraction of sp³-hybridized carbons (Fsp3) is 0.562. The highest BCUT2D eigenvalue weighted by Crippen LogP contribution is 2.37. The van der Waals surface area contributed by atoms with E-state index in [-0.39, 0.29) is 18.3 Å². The summed E-state index contributed by atoms with van der Waals surface area (Å²) in [5, 5.41) is 3.46. The van der Waals surface area contributed by atoms with Crippen molar-refractivity contribution in [2.45, 2.75) is 26.2 Å². The number of hydrogen-bond acceptors (Lipinski definition) is 2. The van der Waals surface area contributed by atoms with Crippen molar-refractivity contribution < 1.29 is 4.79 Å². The molecular weight excluding hydrogens is 352 g/mol. The number of amides is 1. The highest BCUT2D eigenvalue weighted by atomic mass is 79.9. The summed E-state index contributed by atoms with van der Waals surface area (Å²) in [7, 11) is 0. The van der Waals surface area contributed by atoms with E-state index in [4.69, 9.17) is 0 Å². The number of hydrogen-bond donors (Lipinski definition) is 1. The van der Waals surface area contributed by atoms with Crippen molar-refractivity contribution in [3.8, 4) is 0 Å². The van der Waals surface area contributed by atoms with Gasteiger partial charge < -0.3 is 10.2 Å². The quantitative estimate of drug-likeness (QED) is 0.818. The van der Waals surface area contributed by atoms with Gasteiger partial charge in [-0.25, -0.2) is 0 Å². The average molecular weight is 374 g/mol. The van der Waals surface area contributed by atoms with Crippen molar-refractivity contribution in [2.24, 2.45) is 5.41 Å². The molecule has 21 heavy (non-hydrogen) atoms. The lowest BCUT2D eigenvalue weighted by Gasteiger charge is -2.39. The van der Waals surface area contributed by atoms with E-state index in [0.29, 0.717) is 5.41 Å². The molecule has 0 atom stereocenters. The highest BCUT2D eigenvalue weighted by Gasteiger charge is 2.38. The van der Waals surface area contributed by atoms with Gasteiger partial charge >= 0.3 is 0 Å². The molecule has 0 bridgehead atoms. The molecule has 2 heterocycles. The standard InChI is InChI=1S/C16H21BrN2O.ClH/c1-12-2-3-13(10-14(12)17)15(20)19-8-5-16(6-9-19)4-7-18-11-16;/h2-3,10,18H,4-9,11H2,1H3;1H. The molecule has 5 heteroatoms. The fourth-order valence-electron chi connectivity index (χ4n) is 3.31.